The molecule has 5 nitrogen and oxygen atoms in total. The van der Waals surface area contributed by atoms with Crippen molar-refractivity contribution in [1.29, 1.82) is 0 Å². The summed E-state index contributed by atoms with van der Waals surface area (Å²) in [5, 5.41) is 8.36. The molecule has 1 atom stereocenters. The van der Waals surface area contributed by atoms with Crippen molar-refractivity contribution in [3.05, 3.63) is 41.0 Å². The predicted octanol–water partition coefficient (Wildman–Crippen LogP) is 2.19. The van der Waals surface area contributed by atoms with Crippen LogP contribution in [0.1, 0.15) is 29.2 Å². The number of aromatic nitrogens is 3. The van der Waals surface area contributed by atoms with Crippen molar-refractivity contribution in [1.82, 2.24) is 20.1 Å². The van der Waals surface area contributed by atoms with Crippen molar-refractivity contribution in [3.8, 4) is 5.69 Å². The van der Waals surface area contributed by atoms with Gasteiger partial charge in [-0.05, 0) is 48.8 Å². The number of nitrogens with zero attached hydrogens (tertiary/aromatic N) is 3. The Balaban J connectivity index is 1.62. The zero-order valence-corrected chi connectivity index (χ0v) is 15.6. The number of rotatable bonds is 6. The molecule has 6 heteroatoms. The number of ether oxygens (including phenoxy) is 1. The van der Waals surface area contributed by atoms with E-state index >= 15 is 0 Å². The smallest absolute Gasteiger partial charge is 0.152 e. The molecule has 0 bridgehead atoms. The normalized spacial score (nSPS) is 20.0. The van der Waals surface area contributed by atoms with Gasteiger partial charge in [0.15, 0.2) is 5.82 Å². The van der Waals surface area contributed by atoms with Gasteiger partial charge in [-0.25, -0.2) is 9.67 Å². The summed E-state index contributed by atoms with van der Waals surface area (Å²) in [6.07, 6.45) is 7.56. The van der Waals surface area contributed by atoms with Gasteiger partial charge >= 0.3 is 0 Å². The lowest BCUT2D eigenvalue weighted by molar-refractivity contribution is 0.0762. The van der Waals surface area contributed by atoms with Crippen molar-refractivity contribution < 1.29 is 4.74 Å². The van der Waals surface area contributed by atoms with E-state index < -0.39 is 0 Å². The molecule has 1 aromatic carbocycles. The molecule has 0 radical (unpaired) electrons. The van der Waals surface area contributed by atoms with Gasteiger partial charge in [0.1, 0.15) is 5.82 Å². The largest absolute Gasteiger partial charge is 0.379 e. The summed E-state index contributed by atoms with van der Waals surface area (Å²) in [5.41, 5.74) is 4.12. The van der Waals surface area contributed by atoms with E-state index in [0.717, 1.165) is 55.7 Å². The van der Waals surface area contributed by atoms with Gasteiger partial charge in [-0.1, -0.05) is 6.07 Å². The van der Waals surface area contributed by atoms with Crippen molar-refractivity contribution >= 4 is 11.8 Å². The standard InChI is InChI=1S/C19H26N4OS/c1-25-10-7-18-21-19(12-16-13-24-9-8-20-16)23(22-18)17-6-5-14-3-2-4-15(14)11-17/h5-6,11,16,20H,2-4,7-10,12-13H2,1H3. The highest BCUT2D eigenvalue weighted by Gasteiger charge is 2.20. The lowest BCUT2D eigenvalue weighted by Gasteiger charge is -2.23. The number of hydrogen-bond acceptors (Lipinski definition) is 5. The van der Waals surface area contributed by atoms with Crippen LogP contribution >= 0.6 is 11.8 Å². The van der Waals surface area contributed by atoms with Gasteiger partial charge in [-0.2, -0.15) is 16.9 Å². The molecule has 0 amide bonds. The van der Waals surface area contributed by atoms with Crippen molar-refractivity contribution in [2.75, 3.05) is 31.8 Å². The molecule has 1 N–H and O–H groups in total. The highest BCUT2D eigenvalue weighted by atomic mass is 32.2. The first-order valence-corrected chi connectivity index (χ1v) is 10.6. The number of nitrogens with one attached hydrogen (secondary N) is 1. The molecular formula is C19H26N4OS. The Morgan fingerprint density at radius 1 is 1.32 bits per heavy atom. The minimum absolute atomic E-state index is 0.319. The third-order valence-corrected chi connectivity index (χ3v) is 5.61. The van der Waals surface area contributed by atoms with E-state index in [-0.39, 0.29) is 0 Å². The van der Waals surface area contributed by atoms with Crippen LogP contribution in [-0.2, 0) is 30.4 Å². The number of fused-ring (bicyclic) bond motifs is 1. The van der Waals surface area contributed by atoms with Crippen molar-refractivity contribution in [2.24, 2.45) is 0 Å². The Labute approximate surface area is 153 Å². The quantitative estimate of drug-likeness (QED) is 0.858. The molecule has 134 valence electrons. The molecule has 0 saturated carbocycles. The fourth-order valence-corrected chi connectivity index (χ4v) is 4.08. The van der Waals surface area contributed by atoms with E-state index in [9.17, 15) is 0 Å². The maximum atomic E-state index is 5.61. The van der Waals surface area contributed by atoms with E-state index in [2.05, 4.69) is 34.5 Å². The van der Waals surface area contributed by atoms with Crippen molar-refractivity contribution in [2.45, 2.75) is 38.1 Å². The number of thioether (sulfide) groups is 1. The van der Waals surface area contributed by atoms with Gasteiger partial charge in [0.05, 0.1) is 18.9 Å². The fraction of sp³-hybridized carbons (Fsp3) is 0.579. The summed E-state index contributed by atoms with van der Waals surface area (Å²) < 4.78 is 7.67. The molecule has 1 unspecified atom stereocenters. The predicted molar refractivity (Wildman–Crippen MR) is 102 cm³/mol. The number of hydrogen-bond donors (Lipinski definition) is 1. The SMILES string of the molecule is CSCCc1nc(CC2COCCN2)n(-c2ccc3c(c2)CCC3)n1. The van der Waals surface area contributed by atoms with Crippen LogP contribution in [0.15, 0.2) is 18.2 Å². The number of morpholine rings is 1. The summed E-state index contributed by atoms with van der Waals surface area (Å²) in [7, 11) is 0. The third-order valence-electron chi connectivity index (χ3n) is 5.00. The van der Waals surface area contributed by atoms with Gasteiger partial charge in [0, 0.05) is 31.2 Å². The monoisotopic (exact) mass is 358 g/mol. The molecular weight excluding hydrogens is 332 g/mol. The molecule has 0 spiro atoms. The minimum atomic E-state index is 0.319. The molecule has 1 aliphatic carbocycles. The van der Waals surface area contributed by atoms with E-state index in [1.165, 1.54) is 30.4 Å². The lowest BCUT2D eigenvalue weighted by atomic mass is 10.1. The summed E-state index contributed by atoms with van der Waals surface area (Å²) >= 11 is 1.84. The maximum absolute atomic E-state index is 5.61. The van der Waals surface area contributed by atoms with Crippen LogP contribution in [0.25, 0.3) is 5.69 Å². The highest BCUT2D eigenvalue weighted by Crippen LogP contribution is 2.25. The molecule has 2 aliphatic rings. The molecule has 2 heterocycles. The second kappa shape index (κ2) is 7.89. The summed E-state index contributed by atoms with van der Waals surface area (Å²) in [4.78, 5) is 4.85. The summed E-state index contributed by atoms with van der Waals surface area (Å²) in [6.45, 7) is 2.46. The Hall–Kier alpha value is -1.37. The molecule has 1 fully saturated rings. The Morgan fingerprint density at radius 2 is 2.24 bits per heavy atom. The zero-order valence-electron chi connectivity index (χ0n) is 14.8. The average molecular weight is 359 g/mol. The van der Waals surface area contributed by atoms with Gasteiger partial charge in [0.2, 0.25) is 0 Å². The van der Waals surface area contributed by atoms with Gasteiger partial charge in [0.25, 0.3) is 0 Å². The highest BCUT2D eigenvalue weighted by molar-refractivity contribution is 7.98. The van der Waals surface area contributed by atoms with E-state index in [1.54, 1.807) is 0 Å². The average Bonchev–Trinajstić information content (AvgIpc) is 3.27. The Bertz CT molecular complexity index is 724. The summed E-state index contributed by atoms with van der Waals surface area (Å²) in [5.74, 6) is 3.04. The Kier molecular flexibility index (Phi) is 5.39. The fourth-order valence-electron chi connectivity index (χ4n) is 3.69. The number of aryl methyl sites for hydroxylation is 3. The van der Waals surface area contributed by atoms with Crippen LogP contribution in [0.4, 0.5) is 0 Å². The first kappa shape index (κ1) is 17.1. The molecule has 25 heavy (non-hydrogen) atoms. The van der Waals surface area contributed by atoms with Crippen LogP contribution in [0.5, 0.6) is 0 Å². The zero-order chi connectivity index (χ0) is 17.1. The molecule has 1 saturated heterocycles. The van der Waals surface area contributed by atoms with Gasteiger partial charge < -0.3 is 10.1 Å². The minimum Gasteiger partial charge on any atom is -0.379 e. The van der Waals surface area contributed by atoms with Crippen LogP contribution < -0.4 is 5.32 Å². The Morgan fingerprint density at radius 3 is 3.08 bits per heavy atom. The summed E-state index contributed by atoms with van der Waals surface area (Å²) in [6, 6.07) is 7.10. The van der Waals surface area contributed by atoms with Crippen LogP contribution in [0.3, 0.4) is 0 Å². The van der Waals surface area contributed by atoms with Crippen molar-refractivity contribution in [3.63, 3.8) is 0 Å². The van der Waals surface area contributed by atoms with E-state index in [1.807, 2.05) is 11.8 Å². The maximum Gasteiger partial charge on any atom is 0.152 e. The first-order chi connectivity index (χ1) is 12.3. The second-order valence-electron chi connectivity index (χ2n) is 6.84. The number of benzene rings is 1. The van der Waals surface area contributed by atoms with E-state index in [4.69, 9.17) is 14.8 Å². The topological polar surface area (TPSA) is 52.0 Å². The first-order valence-electron chi connectivity index (χ1n) is 9.20. The van der Waals surface area contributed by atoms with Gasteiger partial charge in [-0.3, -0.25) is 0 Å². The molecule has 4 rings (SSSR count). The molecule has 1 aliphatic heterocycles. The van der Waals surface area contributed by atoms with Crippen LogP contribution in [0, 0.1) is 0 Å². The van der Waals surface area contributed by atoms with Crippen LogP contribution in [0.2, 0.25) is 0 Å². The lowest BCUT2D eigenvalue weighted by Crippen LogP contribution is -2.43. The molecule has 2 aromatic rings. The van der Waals surface area contributed by atoms with Crippen LogP contribution in [-0.4, -0.2) is 52.6 Å². The van der Waals surface area contributed by atoms with Gasteiger partial charge in [-0.15, -0.1) is 0 Å². The van der Waals surface area contributed by atoms with E-state index in [0.29, 0.717) is 6.04 Å². The third kappa shape index (κ3) is 3.91. The molecule has 1 aromatic heterocycles. The second-order valence-corrected chi connectivity index (χ2v) is 7.82.